The van der Waals surface area contributed by atoms with Crippen LogP contribution in [0.4, 0.5) is 0 Å². The first kappa shape index (κ1) is 18.5. The molecule has 0 saturated carbocycles. The molecule has 3 aromatic rings. The second-order valence-corrected chi connectivity index (χ2v) is 9.47. The zero-order valence-electron chi connectivity index (χ0n) is 15.4. The quantitative estimate of drug-likeness (QED) is 0.618. The molecule has 2 aliphatic heterocycles. The van der Waals surface area contributed by atoms with E-state index in [1.54, 1.807) is 46.9 Å². The molecule has 1 saturated heterocycles. The summed E-state index contributed by atoms with van der Waals surface area (Å²) in [5, 5.41) is 0.495. The Morgan fingerprint density at radius 2 is 1.86 bits per heavy atom. The number of nitrogens with zero attached hydrogens (tertiary/aromatic N) is 3. The van der Waals surface area contributed by atoms with E-state index in [1.807, 2.05) is 12.1 Å². The molecule has 1 aromatic heterocycles. The molecule has 6 nitrogen and oxygen atoms in total. The molecule has 0 aliphatic carbocycles. The van der Waals surface area contributed by atoms with Gasteiger partial charge in [0.25, 0.3) is 0 Å². The third kappa shape index (κ3) is 3.19. The number of fused-ring (bicyclic) bond motifs is 4. The molecular weight excluding hydrogens is 410 g/mol. The van der Waals surface area contributed by atoms with Crippen LogP contribution in [-0.2, 0) is 16.4 Å². The van der Waals surface area contributed by atoms with E-state index < -0.39 is 10.0 Å². The van der Waals surface area contributed by atoms with Crippen molar-refractivity contribution in [1.82, 2.24) is 14.3 Å². The second kappa shape index (κ2) is 7.09. The molecule has 0 amide bonds. The van der Waals surface area contributed by atoms with Crippen molar-refractivity contribution in [1.29, 1.82) is 0 Å². The lowest BCUT2D eigenvalue weighted by Gasteiger charge is -2.34. The Bertz CT molecular complexity index is 1170. The summed E-state index contributed by atoms with van der Waals surface area (Å²) in [5.41, 5.74) is 1.88. The lowest BCUT2D eigenvalue weighted by atomic mass is 10.0. The van der Waals surface area contributed by atoms with Crippen molar-refractivity contribution in [3.05, 3.63) is 77.3 Å². The number of rotatable bonds is 4. The van der Waals surface area contributed by atoms with E-state index in [0.29, 0.717) is 22.9 Å². The first-order valence-electron chi connectivity index (χ1n) is 9.39. The van der Waals surface area contributed by atoms with Gasteiger partial charge in [-0.15, -0.1) is 0 Å². The molecule has 3 heterocycles. The number of halogens is 1. The van der Waals surface area contributed by atoms with E-state index >= 15 is 0 Å². The summed E-state index contributed by atoms with van der Waals surface area (Å²) in [5.74, 6) is 1.05. The number of aromatic nitrogens is 2. The van der Waals surface area contributed by atoms with Crippen LogP contribution >= 0.6 is 11.6 Å². The minimum atomic E-state index is -3.64. The van der Waals surface area contributed by atoms with E-state index in [2.05, 4.69) is 9.97 Å². The maximum Gasteiger partial charge on any atom is 0.243 e. The van der Waals surface area contributed by atoms with Gasteiger partial charge in [0.05, 0.1) is 21.7 Å². The number of para-hydroxylation sites is 1. The van der Waals surface area contributed by atoms with Gasteiger partial charge in [0, 0.05) is 24.2 Å². The number of hydrogen-bond acceptors (Lipinski definition) is 5. The molecule has 2 bridgehead atoms. The topological polar surface area (TPSA) is 72.4 Å². The lowest BCUT2D eigenvalue weighted by Crippen LogP contribution is -2.42. The zero-order valence-corrected chi connectivity index (χ0v) is 17.0. The normalized spacial score (nSPS) is 21.0. The van der Waals surface area contributed by atoms with Gasteiger partial charge < -0.3 is 4.74 Å². The Kier molecular flexibility index (Phi) is 4.53. The molecule has 0 N–H and O–H groups in total. The van der Waals surface area contributed by atoms with Gasteiger partial charge in [-0.2, -0.15) is 4.31 Å². The maximum absolute atomic E-state index is 13.4. The van der Waals surface area contributed by atoms with Gasteiger partial charge in [-0.3, -0.25) is 0 Å². The molecule has 2 atom stereocenters. The second-order valence-electron chi connectivity index (χ2n) is 7.21. The molecule has 1 fully saturated rings. The van der Waals surface area contributed by atoms with Crippen LogP contribution in [0.3, 0.4) is 0 Å². The van der Waals surface area contributed by atoms with Crippen molar-refractivity contribution in [3.63, 3.8) is 0 Å². The average Bonchev–Trinajstić information content (AvgIpc) is 3.06. The molecule has 0 radical (unpaired) electrons. The molecule has 29 heavy (non-hydrogen) atoms. The van der Waals surface area contributed by atoms with Crippen LogP contribution < -0.4 is 4.74 Å². The lowest BCUT2D eigenvalue weighted by molar-refractivity contribution is 0.300. The highest BCUT2D eigenvalue weighted by molar-refractivity contribution is 7.89. The van der Waals surface area contributed by atoms with Gasteiger partial charge in [-0.25, -0.2) is 18.4 Å². The summed E-state index contributed by atoms with van der Waals surface area (Å²) in [4.78, 5) is 8.70. The highest BCUT2D eigenvalue weighted by Gasteiger charge is 2.47. The van der Waals surface area contributed by atoms with E-state index in [9.17, 15) is 8.42 Å². The summed E-state index contributed by atoms with van der Waals surface area (Å²) >= 11 is 6.12. The Balaban J connectivity index is 1.43. The molecular formula is C21H18ClN3O3S. The highest BCUT2D eigenvalue weighted by atomic mass is 35.5. The van der Waals surface area contributed by atoms with Crippen molar-refractivity contribution < 1.29 is 13.2 Å². The third-order valence-corrected chi connectivity index (χ3v) is 7.81. The fourth-order valence-electron chi connectivity index (χ4n) is 4.20. The SMILES string of the molecule is O=S(=O)(c1ccc(Oc2ccccc2Cl)cc1)N1C2CCC1c1cncnc1C2. The van der Waals surface area contributed by atoms with Crippen molar-refractivity contribution in [2.45, 2.75) is 36.2 Å². The highest BCUT2D eigenvalue weighted by Crippen LogP contribution is 2.46. The summed E-state index contributed by atoms with van der Waals surface area (Å²) in [6, 6.07) is 13.4. The molecule has 2 aliphatic rings. The van der Waals surface area contributed by atoms with Crippen molar-refractivity contribution in [2.24, 2.45) is 0 Å². The van der Waals surface area contributed by atoms with Crippen LogP contribution in [0.1, 0.15) is 30.1 Å². The van der Waals surface area contributed by atoms with Gasteiger partial charge in [-0.1, -0.05) is 23.7 Å². The largest absolute Gasteiger partial charge is 0.456 e. The van der Waals surface area contributed by atoms with Gasteiger partial charge in [0.1, 0.15) is 17.8 Å². The number of benzene rings is 2. The van der Waals surface area contributed by atoms with Crippen molar-refractivity contribution in [3.8, 4) is 11.5 Å². The van der Waals surface area contributed by atoms with Gasteiger partial charge in [0.15, 0.2) is 0 Å². The number of hydrogen-bond donors (Lipinski definition) is 0. The summed E-state index contributed by atoms with van der Waals surface area (Å²) in [6.45, 7) is 0. The van der Waals surface area contributed by atoms with E-state index in [0.717, 1.165) is 24.1 Å². The fourth-order valence-corrected chi connectivity index (χ4v) is 6.23. The van der Waals surface area contributed by atoms with Crippen LogP contribution in [0.5, 0.6) is 11.5 Å². The monoisotopic (exact) mass is 427 g/mol. The Morgan fingerprint density at radius 3 is 2.66 bits per heavy atom. The summed E-state index contributed by atoms with van der Waals surface area (Å²) in [7, 11) is -3.64. The van der Waals surface area contributed by atoms with Crippen molar-refractivity contribution in [2.75, 3.05) is 0 Å². The van der Waals surface area contributed by atoms with Crippen LogP contribution in [0.2, 0.25) is 5.02 Å². The Labute approximate surface area is 174 Å². The molecule has 2 unspecified atom stereocenters. The van der Waals surface area contributed by atoms with Gasteiger partial charge in [0.2, 0.25) is 10.0 Å². The number of sulfonamides is 1. The Hall–Kier alpha value is -2.48. The van der Waals surface area contributed by atoms with E-state index in [1.165, 1.54) is 6.33 Å². The average molecular weight is 428 g/mol. The fraction of sp³-hybridized carbons (Fsp3) is 0.238. The zero-order chi connectivity index (χ0) is 20.0. The van der Waals surface area contributed by atoms with Crippen LogP contribution in [0.25, 0.3) is 0 Å². The minimum absolute atomic E-state index is 0.0635. The minimum Gasteiger partial charge on any atom is -0.456 e. The molecule has 5 rings (SSSR count). The first-order valence-corrected chi connectivity index (χ1v) is 11.2. The van der Waals surface area contributed by atoms with E-state index in [4.69, 9.17) is 16.3 Å². The summed E-state index contributed by atoms with van der Waals surface area (Å²) < 4.78 is 34.2. The first-order chi connectivity index (χ1) is 14.0. The molecule has 2 aromatic carbocycles. The molecule has 0 spiro atoms. The number of ether oxygens (including phenoxy) is 1. The predicted molar refractivity (Wildman–Crippen MR) is 108 cm³/mol. The molecule has 8 heteroatoms. The maximum atomic E-state index is 13.4. The van der Waals surface area contributed by atoms with Gasteiger partial charge in [-0.05, 0) is 49.2 Å². The standard InChI is InChI=1S/C21H18ClN3O3S/c22-18-3-1-2-4-21(18)28-15-6-8-16(9-7-15)29(26,27)25-14-5-10-20(25)17-12-23-13-24-19(17)11-14/h1-4,6-9,12-14,20H,5,10-11H2. The summed E-state index contributed by atoms with van der Waals surface area (Å²) in [6.07, 6.45) is 5.52. The van der Waals surface area contributed by atoms with E-state index in [-0.39, 0.29) is 17.0 Å². The van der Waals surface area contributed by atoms with Crippen molar-refractivity contribution >= 4 is 21.6 Å². The van der Waals surface area contributed by atoms with Gasteiger partial charge >= 0.3 is 0 Å². The Morgan fingerprint density at radius 1 is 1.07 bits per heavy atom. The smallest absolute Gasteiger partial charge is 0.243 e. The van der Waals surface area contributed by atoms with Crippen LogP contribution in [0, 0.1) is 0 Å². The third-order valence-electron chi connectivity index (χ3n) is 5.52. The van der Waals surface area contributed by atoms with Crippen LogP contribution in [0.15, 0.2) is 66.0 Å². The predicted octanol–water partition coefficient (Wildman–Crippen LogP) is 4.37. The molecule has 148 valence electrons. The van der Waals surface area contributed by atoms with Crippen LogP contribution in [-0.4, -0.2) is 28.7 Å².